The molecule has 0 unspecified atom stereocenters. The predicted molar refractivity (Wildman–Crippen MR) is 143 cm³/mol. The number of aromatic nitrogens is 1. The molecule has 1 heterocycles. The van der Waals surface area contributed by atoms with Crippen LogP contribution in [0.5, 0.6) is 0 Å². The number of aliphatic carboxylic acids is 1. The molecule has 0 spiro atoms. The number of carbonyl (C=O) groups excluding carboxylic acids is 1. The summed E-state index contributed by atoms with van der Waals surface area (Å²) in [6, 6.07) is 16.0. The van der Waals surface area contributed by atoms with Gasteiger partial charge in [-0.1, -0.05) is 75.8 Å². The smallest absolute Gasteiger partial charge is 0.309 e. The fraction of sp³-hybridized carbons (Fsp3) is 0.393. The van der Waals surface area contributed by atoms with Gasteiger partial charge in [-0.25, -0.2) is 4.98 Å². The molecule has 0 aliphatic carbocycles. The highest BCUT2D eigenvalue weighted by Crippen LogP contribution is 2.20. The lowest BCUT2D eigenvalue weighted by Crippen LogP contribution is -2.12. The average molecular weight is 494 g/mol. The van der Waals surface area contributed by atoms with Crippen molar-refractivity contribution >= 4 is 34.0 Å². The Morgan fingerprint density at radius 3 is 2.40 bits per heavy atom. The van der Waals surface area contributed by atoms with E-state index in [-0.39, 0.29) is 12.3 Å². The molecular weight excluding hydrogens is 458 g/mol. The highest BCUT2D eigenvalue weighted by atomic mass is 32.1. The first-order valence-corrected chi connectivity index (χ1v) is 13.3. The summed E-state index contributed by atoms with van der Waals surface area (Å²) in [6.07, 6.45) is 10.1. The van der Waals surface area contributed by atoms with Crippen LogP contribution in [0.4, 0.5) is 10.8 Å². The van der Waals surface area contributed by atoms with Gasteiger partial charge in [-0.05, 0) is 42.2 Å². The highest BCUT2D eigenvalue weighted by Gasteiger charge is 2.11. The van der Waals surface area contributed by atoms with Gasteiger partial charge in [-0.2, -0.15) is 0 Å². The molecule has 186 valence electrons. The van der Waals surface area contributed by atoms with E-state index in [9.17, 15) is 9.59 Å². The van der Waals surface area contributed by atoms with Crippen molar-refractivity contribution < 1.29 is 14.7 Å². The van der Waals surface area contributed by atoms with E-state index in [1.807, 2.05) is 12.1 Å². The summed E-state index contributed by atoms with van der Waals surface area (Å²) in [6.45, 7) is 2.93. The van der Waals surface area contributed by atoms with Crippen LogP contribution in [0.3, 0.4) is 0 Å². The molecule has 0 atom stereocenters. The number of carboxylic acids is 1. The summed E-state index contributed by atoms with van der Waals surface area (Å²) in [5.74, 6) is -1.21. The molecular formula is C28H35N3O3S. The van der Waals surface area contributed by atoms with Crippen molar-refractivity contribution in [1.29, 1.82) is 0 Å². The van der Waals surface area contributed by atoms with Crippen molar-refractivity contribution in [2.45, 2.75) is 71.3 Å². The first-order valence-electron chi connectivity index (χ1n) is 12.4. The Bertz CT molecular complexity index is 1080. The molecule has 6 nitrogen and oxygen atoms in total. The second-order valence-corrected chi connectivity index (χ2v) is 9.61. The zero-order chi connectivity index (χ0) is 24.9. The topological polar surface area (TPSA) is 91.3 Å². The molecule has 0 saturated carbocycles. The Hall–Kier alpha value is -3.19. The fourth-order valence-electron chi connectivity index (χ4n) is 3.92. The van der Waals surface area contributed by atoms with E-state index in [2.05, 4.69) is 46.8 Å². The number of nitrogens with one attached hydrogen (secondary N) is 2. The predicted octanol–water partition coefficient (Wildman–Crippen LogP) is 6.93. The summed E-state index contributed by atoms with van der Waals surface area (Å²) in [4.78, 5) is 27.4. The van der Waals surface area contributed by atoms with Gasteiger partial charge in [0, 0.05) is 23.2 Å². The van der Waals surface area contributed by atoms with Crippen molar-refractivity contribution in [3.8, 4) is 0 Å². The highest BCUT2D eigenvalue weighted by molar-refractivity contribution is 7.14. The third-order valence-corrected chi connectivity index (χ3v) is 6.68. The van der Waals surface area contributed by atoms with Crippen molar-refractivity contribution in [2.24, 2.45) is 0 Å². The minimum Gasteiger partial charge on any atom is -0.481 e. The van der Waals surface area contributed by atoms with Gasteiger partial charge in [0.25, 0.3) is 5.91 Å². The monoisotopic (exact) mass is 493 g/mol. The molecule has 35 heavy (non-hydrogen) atoms. The van der Waals surface area contributed by atoms with Crippen molar-refractivity contribution in [2.75, 3.05) is 10.6 Å². The molecule has 3 aromatic rings. The van der Waals surface area contributed by atoms with Crippen LogP contribution < -0.4 is 10.6 Å². The molecule has 2 aromatic carbocycles. The van der Waals surface area contributed by atoms with Gasteiger partial charge in [-0.3, -0.25) is 14.9 Å². The maximum atomic E-state index is 12.5. The number of thiazole rings is 1. The molecule has 0 aliphatic rings. The molecule has 0 fully saturated rings. The zero-order valence-corrected chi connectivity index (χ0v) is 21.2. The first-order chi connectivity index (χ1) is 17.0. The van der Waals surface area contributed by atoms with Crippen molar-refractivity contribution in [1.82, 2.24) is 4.98 Å². The lowest BCUT2D eigenvalue weighted by atomic mass is 10.0. The second-order valence-electron chi connectivity index (χ2n) is 8.75. The molecule has 1 aromatic heterocycles. The van der Waals surface area contributed by atoms with E-state index in [0.29, 0.717) is 22.9 Å². The molecule has 7 heteroatoms. The quantitative estimate of drug-likeness (QED) is 0.200. The van der Waals surface area contributed by atoms with Crippen molar-refractivity contribution in [3.63, 3.8) is 0 Å². The number of hydrogen-bond donors (Lipinski definition) is 3. The normalized spacial score (nSPS) is 10.8. The lowest BCUT2D eigenvalue weighted by Gasteiger charge is -2.12. The SMILES string of the molecule is CCCCCCCCCc1ccccc1NCc1ccc(C(=O)Nc2nc(CC(=O)O)cs2)cc1. The van der Waals surface area contributed by atoms with Gasteiger partial charge < -0.3 is 10.4 Å². The van der Waals surface area contributed by atoms with E-state index in [0.717, 1.165) is 12.0 Å². The third-order valence-electron chi connectivity index (χ3n) is 5.87. The number of nitrogens with zero attached hydrogens (tertiary/aromatic N) is 1. The number of unbranched alkanes of at least 4 members (excludes halogenated alkanes) is 6. The van der Waals surface area contributed by atoms with Crippen LogP contribution in [-0.4, -0.2) is 22.0 Å². The zero-order valence-electron chi connectivity index (χ0n) is 20.4. The summed E-state index contributed by atoms with van der Waals surface area (Å²) in [5.41, 5.74) is 4.57. The summed E-state index contributed by atoms with van der Waals surface area (Å²) < 4.78 is 0. The van der Waals surface area contributed by atoms with Gasteiger partial charge >= 0.3 is 5.97 Å². The number of aryl methyl sites for hydroxylation is 1. The van der Waals surface area contributed by atoms with E-state index in [1.165, 1.54) is 67.5 Å². The summed E-state index contributed by atoms with van der Waals surface area (Å²) >= 11 is 1.22. The Kier molecular flexibility index (Phi) is 10.8. The Balaban J connectivity index is 1.46. The number of carboxylic acid groups (broad SMARTS) is 1. The molecule has 3 N–H and O–H groups in total. The van der Waals surface area contributed by atoms with Gasteiger partial charge in [0.1, 0.15) is 0 Å². The van der Waals surface area contributed by atoms with Crippen molar-refractivity contribution in [3.05, 3.63) is 76.3 Å². The van der Waals surface area contributed by atoms with Crippen LogP contribution in [0.1, 0.15) is 79.0 Å². The number of carbonyl (C=O) groups is 2. The third kappa shape index (κ3) is 9.17. The summed E-state index contributed by atoms with van der Waals surface area (Å²) in [7, 11) is 0. The Morgan fingerprint density at radius 2 is 1.66 bits per heavy atom. The van der Waals surface area contributed by atoms with E-state index >= 15 is 0 Å². The maximum Gasteiger partial charge on any atom is 0.309 e. The summed E-state index contributed by atoms with van der Waals surface area (Å²) in [5, 5.41) is 17.2. The number of benzene rings is 2. The molecule has 0 aliphatic heterocycles. The number of hydrogen-bond acceptors (Lipinski definition) is 5. The molecule has 0 radical (unpaired) electrons. The number of rotatable bonds is 15. The molecule has 0 saturated heterocycles. The Morgan fingerprint density at radius 1 is 0.943 bits per heavy atom. The Labute approximate surface area is 211 Å². The standard InChI is InChI=1S/C28H35N3O3S/c1-2-3-4-5-6-7-8-11-22-12-9-10-13-25(22)29-19-21-14-16-23(17-15-21)27(34)31-28-30-24(20-35-28)18-26(32)33/h9-10,12-17,20,29H,2-8,11,18-19H2,1H3,(H,32,33)(H,30,31,34). The lowest BCUT2D eigenvalue weighted by molar-refractivity contribution is -0.136. The van der Waals surface area contributed by atoms with E-state index in [4.69, 9.17) is 5.11 Å². The van der Waals surface area contributed by atoms with Crippen LogP contribution in [0, 0.1) is 0 Å². The molecule has 0 bridgehead atoms. The second kappa shape index (κ2) is 14.3. The number of anilines is 2. The fourth-order valence-corrected chi connectivity index (χ4v) is 4.63. The molecule has 1 amide bonds. The van der Waals surface area contributed by atoms with E-state index < -0.39 is 5.97 Å². The number of amides is 1. The minimum absolute atomic E-state index is 0.157. The van der Waals surface area contributed by atoms with Gasteiger partial charge in [-0.15, -0.1) is 11.3 Å². The number of para-hydroxylation sites is 1. The van der Waals surface area contributed by atoms with Crippen LogP contribution in [-0.2, 0) is 24.2 Å². The maximum absolute atomic E-state index is 12.5. The minimum atomic E-state index is -0.946. The van der Waals surface area contributed by atoms with Crippen LogP contribution in [0.15, 0.2) is 53.9 Å². The van der Waals surface area contributed by atoms with Gasteiger partial charge in [0.15, 0.2) is 5.13 Å². The first kappa shape index (κ1) is 26.4. The largest absolute Gasteiger partial charge is 0.481 e. The van der Waals surface area contributed by atoms with Crippen LogP contribution >= 0.6 is 11.3 Å². The van der Waals surface area contributed by atoms with Crippen LogP contribution in [0.25, 0.3) is 0 Å². The van der Waals surface area contributed by atoms with Gasteiger partial charge in [0.2, 0.25) is 0 Å². The van der Waals surface area contributed by atoms with Crippen LogP contribution in [0.2, 0.25) is 0 Å². The molecule has 3 rings (SSSR count). The van der Waals surface area contributed by atoms with E-state index in [1.54, 1.807) is 17.5 Å². The average Bonchev–Trinajstić information content (AvgIpc) is 3.29. The van der Waals surface area contributed by atoms with Gasteiger partial charge in [0.05, 0.1) is 12.1 Å².